The van der Waals surface area contributed by atoms with Gasteiger partial charge in [0.15, 0.2) is 0 Å². The number of nitriles is 1. The van der Waals surface area contributed by atoms with Crippen LogP contribution in [0.2, 0.25) is 0 Å². The van der Waals surface area contributed by atoms with Crippen molar-refractivity contribution in [3.05, 3.63) is 0 Å². The predicted molar refractivity (Wildman–Crippen MR) is 71.5 cm³/mol. The Bertz CT molecular complexity index is 210. The average Bonchev–Trinajstić information content (AvgIpc) is 2.29. The topological polar surface area (TPSA) is 50.5 Å². The molecule has 0 heterocycles. The second-order valence-electron chi connectivity index (χ2n) is 3.78. The van der Waals surface area contributed by atoms with Gasteiger partial charge < -0.3 is 0 Å². The standard InChI is InChI=1S/C11H26N3OP/c1-5-13(6-2)16(15,11-9-10-12)14(7-3)8-4/h15-16H,5-9,11H2,1-4H3. The van der Waals surface area contributed by atoms with Crippen molar-refractivity contribution < 1.29 is 4.89 Å². The summed E-state index contributed by atoms with van der Waals surface area (Å²) in [6, 6.07) is 2.15. The molecule has 0 unspecified atom stereocenters. The average molecular weight is 247 g/mol. The second-order valence-corrected chi connectivity index (χ2v) is 7.09. The van der Waals surface area contributed by atoms with Crippen LogP contribution in [0.1, 0.15) is 34.1 Å². The molecule has 0 aliphatic rings. The molecule has 0 aromatic rings. The zero-order chi connectivity index (χ0) is 12.6. The van der Waals surface area contributed by atoms with Crippen LogP contribution in [0.3, 0.4) is 0 Å². The van der Waals surface area contributed by atoms with Gasteiger partial charge >= 0.3 is 99.8 Å². The molecule has 0 rings (SSSR count). The number of rotatable bonds is 8. The van der Waals surface area contributed by atoms with Crippen LogP contribution in [0.25, 0.3) is 0 Å². The van der Waals surface area contributed by atoms with Crippen LogP contribution >= 0.6 is 7.79 Å². The van der Waals surface area contributed by atoms with Crippen molar-refractivity contribution in [2.45, 2.75) is 34.1 Å². The third-order valence-electron chi connectivity index (χ3n) is 3.11. The number of hydrogen-bond donors (Lipinski definition) is 1. The normalized spacial score (nSPS) is 13.1. The first-order chi connectivity index (χ1) is 7.60. The summed E-state index contributed by atoms with van der Waals surface area (Å²) in [7, 11) is -2.59. The van der Waals surface area contributed by atoms with Crippen molar-refractivity contribution in [3.63, 3.8) is 0 Å². The van der Waals surface area contributed by atoms with E-state index >= 15 is 0 Å². The Balaban J connectivity index is 4.91. The third-order valence-corrected chi connectivity index (χ3v) is 7.32. The van der Waals surface area contributed by atoms with Gasteiger partial charge in [-0.05, 0) is 0 Å². The maximum absolute atomic E-state index is 10.9. The maximum atomic E-state index is 10.9. The molecule has 0 aliphatic heterocycles. The van der Waals surface area contributed by atoms with Gasteiger partial charge in [0.25, 0.3) is 0 Å². The molecule has 0 saturated heterocycles. The molecule has 0 saturated carbocycles. The molecule has 0 bridgehead atoms. The molecule has 1 N–H and O–H groups in total. The summed E-state index contributed by atoms with van der Waals surface area (Å²) in [5.74, 6) is 0. The van der Waals surface area contributed by atoms with Crippen LogP contribution in [0.5, 0.6) is 0 Å². The fourth-order valence-corrected chi connectivity index (χ4v) is 5.71. The molecule has 0 aliphatic carbocycles. The Hall–Kier alpha value is -0.200. The first-order valence-electron chi connectivity index (χ1n) is 6.19. The van der Waals surface area contributed by atoms with Crippen molar-refractivity contribution >= 4 is 7.79 Å². The molecular formula is C11H26N3OP. The Labute approximate surface area is 100 Å². The van der Waals surface area contributed by atoms with Gasteiger partial charge in [0, 0.05) is 0 Å². The summed E-state index contributed by atoms with van der Waals surface area (Å²) in [6.07, 6.45) is 1.06. The van der Waals surface area contributed by atoms with Crippen molar-refractivity contribution in [1.82, 2.24) is 9.34 Å². The van der Waals surface area contributed by atoms with Crippen molar-refractivity contribution in [2.24, 2.45) is 0 Å². The molecule has 0 spiro atoms. The molecule has 0 radical (unpaired) electrons. The Morgan fingerprint density at radius 2 is 1.38 bits per heavy atom. The summed E-state index contributed by atoms with van der Waals surface area (Å²) < 4.78 is 4.30. The molecule has 0 fully saturated rings. The van der Waals surface area contributed by atoms with Gasteiger partial charge in [0.2, 0.25) is 0 Å². The van der Waals surface area contributed by atoms with Crippen LogP contribution in [-0.2, 0) is 0 Å². The fourth-order valence-electron chi connectivity index (χ4n) is 2.20. The van der Waals surface area contributed by atoms with E-state index < -0.39 is 7.79 Å². The van der Waals surface area contributed by atoms with Crippen LogP contribution in [0, 0.1) is 11.3 Å². The van der Waals surface area contributed by atoms with Gasteiger partial charge in [0.05, 0.1) is 0 Å². The minimum atomic E-state index is -2.59. The molecule has 16 heavy (non-hydrogen) atoms. The van der Waals surface area contributed by atoms with Gasteiger partial charge in [0.1, 0.15) is 0 Å². The zero-order valence-electron chi connectivity index (χ0n) is 11.0. The summed E-state index contributed by atoms with van der Waals surface area (Å²) >= 11 is 0. The molecule has 0 atom stereocenters. The van der Waals surface area contributed by atoms with Crippen LogP contribution in [0.15, 0.2) is 0 Å². The van der Waals surface area contributed by atoms with E-state index in [0.717, 1.165) is 26.2 Å². The van der Waals surface area contributed by atoms with E-state index in [4.69, 9.17) is 5.26 Å². The van der Waals surface area contributed by atoms with E-state index in [9.17, 15) is 4.89 Å². The van der Waals surface area contributed by atoms with Crippen LogP contribution in [0.4, 0.5) is 0 Å². The van der Waals surface area contributed by atoms with Crippen molar-refractivity contribution in [3.8, 4) is 6.07 Å². The second kappa shape index (κ2) is 7.97. The van der Waals surface area contributed by atoms with Crippen molar-refractivity contribution in [1.29, 1.82) is 5.26 Å². The molecule has 5 heteroatoms. The third kappa shape index (κ3) is 3.68. The summed E-state index contributed by atoms with van der Waals surface area (Å²) in [5, 5.41) is 8.71. The van der Waals surface area contributed by atoms with Crippen LogP contribution in [-0.4, -0.2) is 46.6 Å². The molecule has 0 amide bonds. The zero-order valence-corrected chi connectivity index (χ0v) is 12.0. The Morgan fingerprint density at radius 3 is 1.62 bits per heavy atom. The molecule has 4 nitrogen and oxygen atoms in total. The fraction of sp³-hybridized carbons (Fsp3) is 0.909. The van der Waals surface area contributed by atoms with E-state index in [1.165, 1.54) is 0 Å². The quantitative estimate of drug-likeness (QED) is 0.667. The summed E-state index contributed by atoms with van der Waals surface area (Å²) in [5.41, 5.74) is 0. The predicted octanol–water partition coefficient (Wildman–Crippen LogP) is 2.07. The first kappa shape index (κ1) is 15.8. The van der Waals surface area contributed by atoms with Gasteiger partial charge in [-0.15, -0.1) is 0 Å². The monoisotopic (exact) mass is 247 g/mol. The van der Waals surface area contributed by atoms with Crippen LogP contribution < -0.4 is 0 Å². The molecule has 96 valence electrons. The molecular weight excluding hydrogens is 221 g/mol. The number of hydrogen-bond acceptors (Lipinski definition) is 4. The van der Waals surface area contributed by atoms with E-state index in [2.05, 4.69) is 43.1 Å². The molecule has 0 aromatic heterocycles. The minimum absolute atomic E-state index is 0.440. The SMILES string of the molecule is CCN(CC)[PH](O)(CCC#N)N(CC)CC. The van der Waals surface area contributed by atoms with E-state index in [1.807, 2.05) is 0 Å². The molecule has 0 aromatic carbocycles. The summed E-state index contributed by atoms with van der Waals surface area (Å²) in [4.78, 5) is 10.9. The van der Waals surface area contributed by atoms with Gasteiger partial charge in [-0.3, -0.25) is 0 Å². The summed E-state index contributed by atoms with van der Waals surface area (Å²) in [6.45, 7) is 11.7. The first-order valence-corrected chi connectivity index (χ1v) is 8.24. The number of nitrogens with zero attached hydrogens (tertiary/aromatic N) is 3. The Morgan fingerprint density at radius 1 is 1.00 bits per heavy atom. The van der Waals surface area contributed by atoms with Gasteiger partial charge in [-0.25, -0.2) is 0 Å². The van der Waals surface area contributed by atoms with E-state index in [1.54, 1.807) is 0 Å². The Kier molecular flexibility index (Phi) is 7.87. The van der Waals surface area contributed by atoms with E-state index in [0.29, 0.717) is 12.6 Å². The van der Waals surface area contributed by atoms with Gasteiger partial charge in [-0.1, -0.05) is 0 Å². The van der Waals surface area contributed by atoms with E-state index in [-0.39, 0.29) is 0 Å². The van der Waals surface area contributed by atoms with Gasteiger partial charge in [-0.2, -0.15) is 0 Å². The van der Waals surface area contributed by atoms with Crippen molar-refractivity contribution in [2.75, 3.05) is 32.3 Å².